The van der Waals surface area contributed by atoms with Crippen LogP contribution < -0.4 is 9.70 Å². The molecule has 0 amide bonds. The third kappa shape index (κ3) is 2.29. The molecule has 0 aromatic heterocycles. The first kappa shape index (κ1) is 9.24. The third-order valence-corrected chi connectivity index (χ3v) is 4.49. The van der Waals surface area contributed by atoms with E-state index in [1.54, 1.807) is 7.11 Å². The van der Waals surface area contributed by atoms with Crippen LogP contribution in [0.5, 0.6) is 0 Å². The molecule has 3 radical (unpaired) electrons. The summed E-state index contributed by atoms with van der Waals surface area (Å²) in [6, 6.07) is 8.36. The van der Waals surface area contributed by atoms with Crippen LogP contribution in [0.15, 0.2) is 24.3 Å². The van der Waals surface area contributed by atoms with Crippen molar-refractivity contribution in [1.29, 1.82) is 0 Å². The second kappa shape index (κ2) is 4.25. The van der Waals surface area contributed by atoms with E-state index < -0.39 is 8.15 Å². The van der Waals surface area contributed by atoms with E-state index in [1.807, 2.05) is 0 Å². The first-order valence-corrected chi connectivity index (χ1v) is 6.09. The maximum atomic E-state index is 5.28. The van der Waals surface area contributed by atoms with Gasteiger partial charge in [-0.05, 0) is 0 Å². The SMILES string of the molecule is COP(C)c1cccc[c]1[Ge]. The van der Waals surface area contributed by atoms with E-state index >= 15 is 0 Å². The topological polar surface area (TPSA) is 9.23 Å². The molecule has 0 aliphatic rings. The van der Waals surface area contributed by atoms with Gasteiger partial charge in [0.05, 0.1) is 0 Å². The standard InChI is InChI=1S/C8H10GeOP/c1-10-11(2)8-6-4-3-5-7(8)9/h3-6H,1-2H3. The van der Waals surface area contributed by atoms with E-state index in [2.05, 4.69) is 47.4 Å². The first-order valence-electron chi connectivity index (χ1n) is 3.34. The molecular formula is C8H10GeOP. The minimum atomic E-state index is -0.394. The van der Waals surface area contributed by atoms with Gasteiger partial charge in [0.2, 0.25) is 0 Å². The molecule has 1 unspecified atom stereocenters. The molecule has 57 valence electrons. The zero-order chi connectivity index (χ0) is 8.27. The Bertz CT molecular complexity index is 239. The summed E-state index contributed by atoms with van der Waals surface area (Å²) in [4.78, 5) is 0. The summed E-state index contributed by atoms with van der Waals surface area (Å²) in [5.74, 6) is 0. The second-order valence-electron chi connectivity index (χ2n) is 2.20. The molecule has 0 N–H and O–H groups in total. The Morgan fingerprint density at radius 3 is 2.55 bits per heavy atom. The van der Waals surface area contributed by atoms with Crippen LogP contribution in [0.1, 0.15) is 0 Å². The van der Waals surface area contributed by atoms with E-state index in [1.165, 1.54) is 9.70 Å². The van der Waals surface area contributed by atoms with Gasteiger partial charge in [0.15, 0.2) is 0 Å². The molecular weight excluding hydrogens is 216 g/mol. The summed E-state index contributed by atoms with van der Waals surface area (Å²) in [6.45, 7) is 2.12. The minimum absolute atomic E-state index is 0.394. The third-order valence-electron chi connectivity index (χ3n) is 1.52. The van der Waals surface area contributed by atoms with Crippen LogP contribution in [0.3, 0.4) is 0 Å². The Labute approximate surface area is 77.2 Å². The van der Waals surface area contributed by atoms with E-state index in [4.69, 9.17) is 4.52 Å². The number of hydrogen-bond donors (Lipinski definition) is 0. The van der Waals surface area contributed by atoms with Crippen molar-refractivity contribution in [2.24, 2.45) is 0 Å². The fraction of sp³-hybridized carbons (Fsp3) is 0.250. The Morgan fingerprint density at radius 2 is 2.00 bits per heavy atom. The van der Waals surface area contributed by atoms with Crippen molar-refractivity contribution in [1.82, 2.24) is 0 Å². The quantitative estimate of drug-likeness (QED) is 0.534. The molecule has 0 aliphatic carbocycles. The average molecular weight is 226 g/mol. The van der Waals surface area contributed by atoms with Gasteiger partial charge < -0.3 is 0 Å². The number of benzene rings is 1. The first-order chi connectivity index (χ1) is 5.25. The Morgan fingerprint density at radius 1 is 1.36 bits per heavy atom. The molecule has 0 bridgehead atoms. The fourth-order valence-corrected chi connectivity index (χ4v) is 3.12. The van der Waals surface area contributed by atoms with Crippen LogP contribution in [0.25, 0.3) is 0 Å². The van der Waals surface area contributed by atoms with Crippen molar-refractivity contribution in [2.75, 3.05) is 13.8 Å². The van der Waals surface area contributed by atoms with Gasteiger partial charge in [-0.2, -0.15) is 0 Å². The summed E-state index contributed by atoms with van der Waals surface area (Å²) in [5, 5.41) is 1.34. The van der Waals surface area contributed by atoms with Gasteiger partial charge in [0.25, 0.3) is 0 Å². The van der Waals surface area contributed by atoms with Crippen molar-refractivity contribution in [3.05, 3.63) is 24.3 Å². The Hall–Kier alpha value is 0.153. The predicted octanol–water partition coefficient (Wildman–Crippen LogP) is 0.779. The molecule has 0 heterocycles. The van der Waals surface area contributed by atoms with Gasteiger partial charge in [0.1, 0.15) is 0 Å². The molecule has 11 heavy (non-hydrogen) atoms. The fourth-order valence-electron chi connectivity index (χ4n) is 0.847. The van der Waals surface area contributed by atoms with Crippen LogP contribution in [0.4, 0.5) is 0 Å². The monoisotopic (exact) mass is 227 g/mol. The van der Waals surface area contributed by atoms with E-state index in [-0.39, 0.29) is 0 Å². The van der Waals surface area contributed by atoms with Crippen molar-refractivity contribution in [3.63, 3.8) is 0 Å². The number of hydrogen-bond acceptors (Lipinski definition) is 1. The summed E-state index contributed by atoms with van der Waals surface area (Å²) < 4.78 is 6.60. The van der Waals surface area contributed by atoms with Crippen LogP contribution in [0.2, 0.25) is 0 Å². The van der Waals surface area contributed by atoms with Gasteiger partial charge in [-0.3, -0.25) is 0 Å². The van der Waals surface area contributed by atoms with Crippen LogP contribution in [0, 0.1) is 0 Å². The van der Waals surface area contributed by atoms with Crippen molar-refractivity contribution in [3.8, 4) is 0 Å². The van der Waals surface area contributed by atoms with Gasteiger partial charge in [0, 0.05) is 0 Å². The maximum absolute atomic E-state index is 5.28. The van der Waals surface area contributed by atoms with Gasteiger partial charge in [-0.1, -0.05) is 0 Å². The molecule has 0 fully saturated rings. The van der Waals surface area contributed by atoms with Gasteiger partial charge in [-0.15, -0.1) is 0 Å². The molecule has 1 rings (SSSR count). The summed E-state index contributed by atoms with van der Waals surface area (Å²) >= 11 is 2.12. The van der Waals surface area contributed by atoms with Crippen LogP contribution >= 0.6 is 8.15 Å². The Kier molecular flexibility index (Phi) is 3.57. The molecule has 1 aromatic rings. The summed E-state index contributed by atoms with van der Waals surface area (Å²) in [6.07, 6.45) is 0. The van der Waals surface area contributed by atoms with Crippen molar-refractivity contribution in [2.45, 2.75) is 0 Å². The molecule has 1 nitrogen and oxygen atoms in total. The van der Waals surface area contributed by atoms with Crippen LogP contribution in [-0.4, -0.2) is 30.3 Å². The second-order valence-corrected chi connectivity index (χ2v) is 5.17. The molecule has 0 aliphatic heterocycles. The van der Waals surface area contributed by atoms with E-state index in [0.29, 0.717) is 0 Å². The van der Waals surface area contributed by atoms with E-state index in [9.17, 15) is 0 Å². The zero-order valence-corrected chi connectivity index (χ0v) is 9.66. The van der Waals surface area contributed by atoms with E-state index in [0.717, 1.165) is 0 Å². The van der Waals surface area contributed by atoms with Crippen molar-refractivity contribution < 1.29 is 4.52 Å². The Balaban J connectivity index is 2.93. The molecule has 1 aromatic carbocycles. The summed E-state index contributed by atoms with van der Waals surface area (Å²) in [5.41, 5.74) is 0. The molecule has 3 heteroatoms. The molecule has 0 saturated heterocycles. The van der Waals surface area contributed by atoms with Crippen LogP contribution in [-0.2, 0) is 4.52 Å². The van der Waals surface area contributed by atoms with Gasteiger partial charge >= 0.3 is 76.9 Å². The molecule has 0 saturated carbocycles. The normalized spacial score (nSPS) is 13.0. The number of rotatable bonds is 2. The predicted molar refractivity (Wildman–Crippen MR) is 51.3 cm³/mol. The summed E-state index contributed by atoms with van der Waals surface area (Å²) in [7, 11) is 1.37. The van der Waals surface area contributed by atoms with Crippen molar-refractivity contribution >= 4 is 34.4 Å². The molecule has 1 atom stereocenters. The average Bonchev–Trinajstić information content (AvgIpc) is 2.04. The van der Waals surface area contributed by atoms with Gasteiger partial charge in [-0.25, -0.2) is 0 Å². The molecule has 0 spiro atoms. The zero-order valence-electron chi connectivity index (χ0n) is 6.66.